The summed E-state index contributed by atoms with van der Waals surface area (Å²) in [5.41, 5.74) is 2.00. The van der Waals surface area contributed by atoms with Gasteiger partial charge in [0, 0.05) is 10.7 Å². The lowest BCUT2D eigenvalue weighted by atomic mass is 10.2. The van der Waals surface area contributed by atoms with Crippen LogP contribution in [-0.2, 0) is 4.79 Å². The van der Waals surface area contributed by atoms with Crippen molar-refractivity contribution in [2.45, 2.75) is 5.37 Å². The molecule has 0 bridgehead atoms. The standard InChI is InChI=1S/C21H16ClNO2S/c22-16-6-10-18(11-7-16)25-19-12-8-17(9-13-19)23-20(24)14-26-21(23)15-4-2-1-3-5-15/h1-13,21H,14H2/t21-/m0/s1. The van der Waals surface area contributed by atoms with Gasteiger partial charge in [-0.2, -0.15) is 0 Å². The molecule has 3 aromatic rings. The molecule has 1 heterocycles. The minimum absolute atomic E-state index is 0.00623. The molecule has 0 saturated carbocycles. The van der Waals surface area contributed by atoms with E-state index in [1.54, 1.807) is 23.9 Å². The average molecular weight is 382 g/mol. The van der Waals surface area contributed by atoms with Crippen LogP contribution in [0.2, 0.25) is 5.02 Å². The van der Waals surface area contributed by atoms with Crippen LogP contribution in [0.15, 0.2) is 78.9 Å². The van der Waals surface area contributed by atoms with E-state index in [2.05, 4.69) is 12.1 Å². The molecular formula is C21H16ClNO2S. The third kappa shape index (κ3) is 3.57. The van der Waals surface area contributed by atoms with Crippen LogP contribution >= 0.6 is 23.4 Å². The Morgan fingerprint density at radius 2 is 1.50 bits per heavy atom. The monoisotopic (exact) mass is 381 g/mol. The van der Waals surface area contributed by atoms with Gasteiger partial charge in [-0.1, -0.05) is 41.9 Å². The highest BCUT2D eigenvalue weighted by atomic mass is 35.5. The Labute approximate surface area is 161 Å². The normalized spacial score (nSPS) is 16.7. The summed E-state index contributed by atoms with van der Waals surface area (Å²) in [6.45, 7) is 0. The van der Waals surface area contributed by atoms with Crippen molar-refractivity contribution in [3.63, 3.8) is 0 Å². The largest absolute Gasteiger partial charge is 0.457 e. The average Bonchev–Trinajstić information content (AvgIpc) is 3.06. The molecule has 5 heteroatoms. The maximum absolute atomic E-state index is 12.4. The van der Waals surface area contributed by atoms with Crippen molar-refractivity contribution < 1.29 is 9.53 Å². The minimum Gasteiger partial charge on any atom is -0.457 e. The molecule has 1 saturated heterocycles. The molecule has 1 aliphatic rings. The molecule has 1 fully saturated rings. The van der Waals surface area contributed by atoms with Crippen molar-refractivity contribution >= 4 is 35.0 Å². The zero-order valence-corrected chi connectivity index (χ0v) is 15.4. The number of ether oxygens (including phenoxy) is 1. The van der Waals surface area contributed by atoms with Gasteiger partial charge in [-0.3, -0.25) is 9.69 Å². The first kappa shape index (κ1) is 17.0. The molecule has 0 aromatic heterocycles. The van der Waals surface area contributed by atoms with E-state index in [-0.39, 0.29) is 11.3 Å². The van der Waals surface area contributed by atoms with Crippen LogP contribution in [0.1, 0.15) is 10.9 Å². The number of rotatable bonds is 4. The first-order valence-electron chi connectivity index (χ1n) is 8.23. The number of hydrogen-bond acceptors (Lipinski definition) is 3. The first-order valence-corrected chi connectivity index (χ1v) is 9.65. The maximum atomic E-state index is 12.4. The van der Waals surface area contributed by atoms with E-state index >= 15 is 0 Å². The van der Waals surface area contributed by atoms with Crippen molar-refractivity contribution in [3.8, 4) is 11.5 Å². The van der Waals surface area contributed by atoms with Crippen LogP contribution < -0.4 is 9.64 Å². The van der Waals surface area contributed by atoms with Crippen LogP contribution in [0, 0.1) is 0 Å². The number of anilines is 1. The predicted octanol–water partition coefficient (Wildman–Crippen LogP) is 5.91. The van der Waals surface area contributed by atoms with E-state index in [0.29, 0.717) is 16.5 Å². The maximum Gasteiger partial charge on any atom is 0.238 e. The van der Waals surface area contributed by atoms with Gasteiger partial charge in [0.05, 0.1) is 5.75 Å². The Bertz CT molecular complexity index is 898. The van der Waals surface area contributed by atoms with E-state index in [1.165, 1.54) is 0 Å². The minimum atomic E-state index is 0.00623. The van der Waals surface area contributed by atoms with Crippen LogP contribution in [0.5, 0.6) is 11.5 Å². The fraction of sp³-hybridized carbons (Fsp3) is 0.0952. The van der Waals surface area contributed by atoms with E-state index in [0.717, 1.165) is 17.0 Å². The zero-order chi connectivity index (χ0) is 17.9. The summed E-state index contributed by atoms with van der Waals surface area (Å²) >= 11 is 7.54. The molecule has 4 rings (SSSR count). The van der Waals surface area contributed by atoms with Crippen LogP contribution in [0.25, 0.3) is 0 Å². The lowest BCUT2D eigenvalue weighted by molar-refractivity contribution is -0.115. The molecule has 1 atom stereocenters. The number of nitrogens with zero attached hydrogens (tertiary/aromatic N) is 1. The lowest BCUT2D eigenvalue weighted by Gasteiger charge is -2.24. The van der Waals surface area contributed by atoms with Gasteiger partial charge in [0.15, 0.2) is 0 Å². The number of amides is 1. The molecule has 26 heavy (non-hydrogen) atoms. The van der Waals surface area contributed by atoms with E-state index < -0.39 is 0 Å². The summed E-state index contributed by atoms with van der Waals surface area (Å²) in [6.07, 6.45) is 0. The molecule has 0 radical (unpaired) electrons. The summed E-state index contributed by atoms with van der Waals surface area (Å²) in [5.74, 6) is 2.04. The Morgan fingerprint density at radius 1 is 0.885 bits per heavy atom. The van der Waals surface area contributed by atoms with Crippen molar-refractivity contribution in [3.05, 3.63) is 89.4 Å². The first-order chi connectivity index (χ1) is 12.7. The Kier molecular flexibility index (Phi) is 4.87. The zero-order valence-electron chi connectivity index (χ0n) is 13.8. The predicted molar refractivity (Wildman–Crippen MR) is 107 cm³/mol. The van der Waals surface area contributed by atoms with E-state index in [4.69, 9.17) is 16.3 Å². The lowest BCUT2D eigenvalue weighted by Crippen LogP contribution is -2.27. The van der Waals surface area contributed by atoms with Gasteiger partial charge in [0.25, 0.3) is 0 Å². The number of thioether (sulfide) groups is 1. The number of carbonyl (C=O) groups excluding carboxylic acids is 1. The highest BCUT2D eigenvalue weighted by molar-refractivity contribution is 8.00. The van der Waals surface area contributed by atoms with Crippen LogP contribution in [-0.4, -0.2) is 11.7 Å². The molecule has 1 aliphatic heterocycles. The SMILES string of the molecule is O=C1CS[C@@H](c2ccccc2)N1c1ccc(Oc2ccc(Cl)cc2)cc1. The third-order valence-electron chi connectivity index (χ3n) is 4.12. The van der Waals surface area contributed by atoms with Crippen molar-refractivity contribution in [1.82, 2.24) is 0 Å². The molecule has 1 amide bonds. The quantitative estimate of drug-likeness (QED) is 0.562. The van der Waals surface area contributed by atoms with Crippen molar-refractivity contribution in [1.29, 1.82) is 0 Å². The van der Waals surface area contributed by atoms with Crippen LogP contribution in [0.3, 0.4) is 0 Å². The Balaban J connectivity index is 1.55. The van der Waals surface area contributed by atoms with E-state index in [9.17, 15) is 4.79 Å². The van der Waals surface area contributed by atoms with Gasteiger partial charge in [-0.15, -0.1) is 11.8 Å². The molecular weight excluding hydrogens is 366 g/mol. The highest BCUT2D eigenvalue weighted by Gasteiger charge is 2.33. The second-order valence-electron chi connectivity index (χ2n) is 5.89. The molecule has 0 unspecified atom stereocenters. The molecule has 0 aliphatic carbocycles. The third-order valence-corrected chi connectivity index (χ3v) is 5.58. The van der Waals surface area contributed by atoms with Crippen molar-refractivity contribution in [2.24, 2.45) is 0 Å². The van der Waals surface area contributed by atoms with Crippen molar-refractivity contribution in [2.75, 3.05) is 10.7 Å². The second kappa shape index (κ2) is 7.44. The van der Waals surface area contributed by atoms with Gasteiger partial charge < -0.3 is 4.74 Å². The highest BCUT2D eigenvalue weighted by Crippen LogP contribution is 2.42. The Morgan fingerprint density at radius 3 is 2.15 bits per heavy atom. The fourth-order valence-electron chi connectivity index (χ4n) is 2.88. The van der Waals surface area contributed by atoms with E-state index in [1.807, 2.05) is 59.5 Å². The molecule has 3 aromatic carbocycles. The second-order valence-corrected chi connectivity index (χ2v) is 7.39. The molecule has 0 spiro atoms. The molecule has 3 nitrogen and oxygen atoms in total. The summed E-state index contributed by atoms with van der Waals surface area (Å²) in [4.78, 5) is 14.3. The van der Waals surface area contributed by atoms with Gasteiger partial charge in [-0.05, 0) is 54.1 Å². The molecule has 0 N–H and O–H groups in total. The number of halogens is 1. The van der Waals surface area contributed by atoms with Gasteiger partial charge in [0.1, 0.15) is 16.9 Å². The summed E-state index contributed by atoms with van der Waals surface area (Å²) in [7, 11) is 0. The van der Waals surface area contributed by atoms with Gasteiger partial charge in [0.2, 0.25) is 5.91 Å². The summed E-state index contributed by atoms with van der Waals surface area (Å²) < 4.78 is 5.82. The molecule has 130 valence electrons. The Hall–Kier alpha value is -2.43. The smallest absolute Gasteiger partial charge is 0.238 e. The van der Waals surface area contributed by atoms with Crippen LogP contribution in [0.4, 0.5) is 5.69 Å². The topological polar surface area (TPSA) is 29.5 Å². The van der Waals surface area contributed by atoms with Gasteiger partial charge in [-0.25, -0.2) is 0 Å². The number of benzene rings is 3. The summed E-state index contributed by atoms with van der Waals surface area (Å²) in [5, 5.41) is 0.677. The fourth-order valence-corrected chi connectivity index (χ4v) is 4.18. The number of carbonyl (C=O) groups is 1. The summed E-state index contributed by atoms with van der Waals surface area (Å²) in [6, 6.07) is 24.9. The number of hydrogen-bond donors (Lipinski definition) is 0. The van der Waals surface area contributed by atoms with Gasteiger partial charge >= 0.3 is 0 Å².